The molecule has 0 unspecified atom stereocenters. The van der Waals surface area contributed by atoms with Crippen molar-refractivity contribution in [1.29, 1.82) is 0 Å². The van der Waals surface area contributed by atoms with Crippen LogP contribution in [-0.4, -0.2) is 4.57 Å². The standard InChI is InChI=1S/C68H42N2S2/c1-2-18-43(19-3-1)70-61-29-13-6-22-51(61)52-40-44(36-39-62(52)70)69(45-34-37-49-47-20-4-7-23-53(47)67(59(49)41-45)55-25-9-14-30-63(55)71-64-31-15-10-26-56(64)67)46-35-38-50-48-21-5-8-24-54(48)68(60(50)42-46)57-27-11-16-32-65(57)72-66-33-17-12-28-58(66)68/h1-42H. The van der Waals surface area contributed by atoms with Crippen LogP contribution in [0.3, 0.4) is 0 Å². The van der Waals surface area contributed by atoms with E-state index in [1.165, 1.54) is 108 Å². The number of fused-ring (bicyclic) bond motifs is 21. The molecule has 0 saturated heterocycles. The van der Waals surface area contributed by atoms with E-state index in [0.29, 0.717) is 0 Å². The van der Waals surface area contributed by atoms with Crippen molar-refractivity contribution >= 4 is 62.4 Å². The third-order valence-electron chi connectivity index (χ3n) is 16.1. The van der Waals surface area contributed by atoms with E-state index in [1.54, 1.807) is 0 Å². The summed E-state index contributed by atoms with van der Waals surface area (Å²) in [6, 6.07) is 96.2. The summed E-state index contributed by atoms with van der Waals surface area (Å²) < 4.78 is 2.41. The molecule has 2 nitrogen and oxygen atoms in total. The fourth-order valence-corrected chi connectivity index (χ4v) is 15.7. The highest BCUT2D eigenvalue weighted by molar-refractivity contribution is 7.99. The molecule has 2 aliphatic carbocycles. The van der Waals surface area contributed by atoms with Crippen LogP contribution in [0.4, 0.5) is 17.1 Å². The number of para-hydroxylation sites is 2. The summed E-state index contributed by atoms with van der Waals surface area (Å²) in [5, 5.41) is 2.44. The second-order valence-corrected chi connectivity index (χ2v) is 21.6. The molecule has 0 fully saturated rings. The molecule has 0 bridgehead atoms. The third kappa shape index (κ3) is 5.27. The lowest BCUT2D eigenvalue weighted by Gasteiger charge is -2.40. The van der Waals surface area contributed by atoms with Gasteiger partial charge in [-0.3, -0.25) is 0 Å². The Labute approximate surface area is 426 Å². The largest absolute Gasteiger partial charge is 0.310 e. The fraction of sp³-hybridized carbons (Fsp3) is 0.0294. The molecule has 1 aromatic heterocycles. The maximum atomic E-state index is 2.55. The number of hydrogen-bond acceptors (Lipinski definition) is 3. The minimum absolute atomic E-state index is 0.518. The van der Waals surface area contributed by atoms with E-state index in [1.807, 2.05) is 23.5 Å². The number of anilines is 3. The normalized spacial score (nSPS) is 14.5. The Morgan fingerprint density at radius 1 is 0.278 bits per heavy atom. The van der Waals surface area contributed by atoms with E-state index < -0.39 is 10.8 Å². The molecule has 336 valence electrons. The summed E-state index contributed by atoms with van der Waals surface area (Å²) in [5.74, 6) is 0. The van der Waals surface area contributed by atoms with Crippen molar-refractivity contribution in [2.75, 3.05) is 4.90 Å². The van der Waals surface area contributed by atoms with Gasteiger partial charge in [0, 0.05) is 53.1 Å². The molecular formula is C68H42N2S2. The summed E-state index contributed by atoms with van der Waals surface area (Å²) in [4.78, 5) is 7.76. The zero-order valence-corrected chi connectivity index (χ0v) is 40.6. The van der Waals surface area contributed by atoms with Crippen LogP contribution in [0.15, 0.2) is 274 Å². The van der Waals surface area contributed by atoms with Gasteiger partial charge in [0.15, 0.2) is 0 Å². The van der Waals surface area contributed by atoms with E-state index in [9.17, 15) is 0 Å². The van der Waals surface area contributed by atoms with Gasteiger partial charge in [-0.05, 0) is 152 Å². The first-order valence-electron chi connectivity index (χ1n) is 24.8. The Kier molecular flexibility index (Phi) is 8.49. The summed E-state index contributed by atoms with van der Waals surface area (Å²) >= 11 is 3.78. The predicted octanol–water partition coefficient (Wildman–Crippen LogP) is 17.9. The first-order valence-corrected chi connectivity index (χ1v) is 26.5. The molecule has 72 heavy (non-hydrogen) atoms. The van der Waals surface area contributed by atoms with Crippen molar-refractivity contribution in [1.82, 2.24) is 4.57 Å². The Morgan fingerprint density at radius 3 is 1.17 bits per heavy atom. The van der Waals surface area contributed by atoms with Gasteiger partial charge in [-0.15, -0.1) is 0 Å². The maximum absolute atomic E-state index is 2.55. The monoisotopic (exact) mass is 950 g/mol. The molecule has 0 atom stereocenters. The van der Waals surface area contributed by atoms with Gasteiger partial charge in [-0.25, -0.2) is 0 Å². The van der Waals surface area contributed by atoms with Gasteiger partial charge in [0.25, 0.3) is 0 Å². The number of aromatic nitrogens is 1. The molecule has 11 aromatic carbocycles. The van der Waals surface area contributed by atoms with Crippen LogP contribution in [0.5, 0.6) is 0 Å². The SMILES string of the molecule is c1ccc(-n2c3ccccc3c3cc(N(c4ccc5c(c4)C4(c6ccccc6Sc6ccccc64)c4ccccc4-5)c4ccc5c(c4)C4(c6ccccc6Sc6ccccc64)c4ccccc4-5)ccc32)cc1. The Morgan fingerprint density at radius 2 is 0.653 bits per heavy atom. The predicted molar refractivity (Wildman–Crippen MR) is 298 cm³/mol. The van der Waals surface area contributed by atoms with Crippen LogP contribution in [0.1, 0.15) is 44.5 Å². The van der Waals surface area contributed by atoms with Crippen molar-refractivity contribution in [2.45, 2.75) is 30.4 Å². The number of benzene rings is 11. The van der Waals surface area contributed by atoms with Crippen LogP contribution in [0, 0.1) is 0 Å². The molecule has 0 N–H and O–H groups in total. The molecule has 0 saturated carbocycles. The van der Waals surface area contributed by atoms with Gasteiger partial charge in [0.1, 0.15) is 0 Å². The van der Waals surface area contributed by atoms with E-state index in [4.69, 9.17) is 0 Å². The van der Waals surface area contributed by atoms with Crippen LogP contribution < -0.4 is 4.90 Å². The molecule has 0 amide bonds. The van der Waals surface area contributed by atoms with E-state index in [-0.39, 0.29) is 0 Å². The maximum Gasteiger partial charge on any atom is 0.0736 e. The summed E-state index contributed by atoms with van der Waals surface area (Å²) in [6.45, 7) is 0. The second kappa shape index (κ2) is 15.1. The average molecular weight is 951 g/mol. The number of nitrogens with zero attached hydrogens (tertiary/aromatic N) is 2. The van der Waals surface area contributed by atoms with Crippen molar-refractivity contribution in [3.63, 3.8) is 0 Å². The van der Waals surface area contributed by atoms with Crippen molar-refractivity contribution in [3.05, 3.63) is 299 Å². The van der Waals surface area contributed by atoms with Gasteiger partial charge >= 0.3 is 0 Å². The molecule has 16 rings (SSSR count). The first kappa shape index (κ1) is 40.4. The van der Waals surface area contributed by atoms with Gasteiger partial charge in [-0.1, -0.05) is 193 Å². The van der Waals surface area contributed by atoms with Gasteiger partial charge in [0.05, 0.1) is 21.9 Å². The van der Waals surface area contributed by atoms with Crippen molar-refractivity contribution in [2.24, 2.45) is 0 Å². The van der Waals surface area contributed by atoms with Crippen LogP contribution in [-0.2, 0) is 10.8 Å². The molecule has 0 radical (unpaired) electrons. The zero-order valence-electron chi connectivity index (χ0n) is 39.0. The Hall–Kier alpha value is -8.28. The highest BCUT2D eigenvalue weighted by atomic mass is 32.2. The fourth-order valence-electron chi connectivity index (χ4n) is 13.4. The van der Waals surface area contributed by atoms with Crippen LogP contribution in [0.25, 0.3) is 49.7 Å². The van der Waals surface area contributed by atoms with E-state index in [0.717, 1.165) is 22.7 Å². The highest BCUT2D eigenvalue weighted by Gasteiger charge is 2.52. The molecule has 2 spiro atoms. The molecule has 12 aromatic rings. The first-order chi connectivity index (χ1) is 35.7. The van der Waals surface area contributed by atoms with Gasteiger partial charge in [0.2, 0.25) is 0 Å². The van der Waals surface area contributed by atoms with E-state index >= 15 is 0 Å². The minimum atomic E-state index is -0.518. The topological polar surface area (TPSA) is 8.17 Å². The highest BCUT2D eigenvalue weighted by Crippen LogP contribution is 2.65. The average Bonchev–Trinajstić information content (AvgIpc) is 4.04. The smallest absolute Gasteiger partial charge is 0.0736 e. The lowest BCUT2D eigenvalue weighted by molar-refractivity contribution is 0.721. The lowest BCUT2D eigenvalue weighted by Crippen LogP contribution is -2.32. The van der Waals surface area contributed by atoms with E-state index in [2.05, 4.69) is 264 Å². The minimum Gasteiger partial charge on any atom is -0.310 e. The zero-order chi connectivity index (χ0) is 47.1. The summed E-state index contributed by atoms with van der Waals surface area (Å²) in [7, 11) is 0. The lowest BCUT2D eigenvalue weighted by atomic mass is 9.67. The summed E-state index contributed by atoms with van der Waals surface area (Å²) in [5.41, 5.74) is 21.6. The molecule has 2 aliphatic heterocycles. The Bertz CT molecular complexity index is 3970. The van der Waals surface area contributed by atoms with Crippen LogP contribution in [0.2, 0.25) is 0 Å². The molecule has 4 aliphatic rings. The summed E-state index contributed by atoms with van der Waals surface area (Å²) in [6.07, 6.45) is 0. The quantitative estimate of drug-likeness (QED) is 0.174. The molecule has 4 heteroatoms. The van der Waals surface area contributed by atoms with Crippen molar-refractivity contribution < 1.29 is 0 Å². The third-order valence-corrected chi connectivity index (χ3v) is 18.4. The number of hydrogen-bond donors (Lipinski definition) is 0. The second-order valence-electron chi connectivity index (χ2n) is 19.5. The number of rotatable bonds is 4. The van der Waals surface area contributed by atoms with Gasteiger partial charge < -0.3 is 9.47 Å². The molecular weight excluding hydrogens is 909 g/mol. The molecule has 3 heterocycles. The Balaban J connectivity index is 0.997. The van der Waals surface area contributed by atoms with Crippen LogP contribution >= 0.6 is 23.5 Å². The van der Waals surface area contributed by atoms with Crippen molar-refractivity contribution in [3.8, 4) is 27.9 Å². The van der Waals surface area contributed by atoms with Gasteiger partial charge in [-0.2, -0.15) is 0 Å².